The van der Waals surface area contributed by atoms with Crippen LogP contribution in [0.4, 0.5) is 5.69 Å². The molecule has 0 fully saturated rings. The molecule has 1 rings (SSSR count). The smallest absolute Gasteiger partial charge is 0.146 e. The van der Waals surface area contributed by atoms with Crippen molar-refractivity contribution in [3.8, 4) is 11.5 Å². The standard InChI is InChI=1S/C15H26N2O2/c1-4-11-18-13-8-7-9-14(15(13)16)19-12-10-17(5-2)6-3/h7-9H,4-6,10-12,16H2,1-3H3. The number of para-hydroxylation sites is 1. The van der Waals surface area contributed by atoms with Gasteiger partial charge in [0.2, 0.25) is 0 Å². The van der Waals surface area contributed by atoms with Crippen molar-refractivity contribution in [1.82, 2.24) is 4.90 Å². The molecule has 2 N–H and O–H groups in total. The molecule has 0 atom stereocenters. The van der Waals surface area contributed by atoms with Gasteiger partial charge in [0.05, 0.1) is 6.61 Å². The topological polar surface area (TPSA) is 47.7 Å². The number of nitrogens with zero attached hydrogens (tertiary/aromatic N) is 1. The summed E-state index contributed by atoms with van der Waals surface area (Å²) in [6, 6.07) is 5.67. The van der Waals surface area contributed by atoms with Crippen molar-refractivity contribution in [3.63, 3.8) is 0 Å². The Morgan fingerprint density at radius 3 is 2.11 bits per heavy atom. The zero-order valence-electron chi connectivity index (χ0n) is 12.3. The zero-order chi connectivity index (χ0) is 14.1. The highest BCUT2D eigenvalue weighted by Gasteiger charge is 2.07. The van der Waals surface area contributed by atoms with E-state index in [0.717, 1.165) is 26.1 Å². The monoisotopic (exact) mass is 266 g/mol. The molecular formula is C15H26N2O2. The molecule has 0 heterocycles. The maximum Gasteiger partial charge on any atom is 0.146 e. The first kappa shape index (κ1) is 15.6. The largest absolute Gasteiger partial charge is 0.491 e. The van der Waals surface area contributed by atoms with Crippen LogP contribution in [-0.2, 0) is 0 Å². The van der Waals surface area contributed by atoms with Gasteiger partial charge in [-0.2, -0.15) is 0 Å². The summed E-state index contributed by atoms with van der Waals surface area (Å²) < 4.78 is 11.3. The Kier molecular flexibility index (Phi) is 7.11. The molecule has 0 amide bonds. The van der Waals surface area contributed by atoms with E-state index < -0.39 is 0 Å². The number of ether oxygens (including phenoxy) is 2. The second-order valence-corrected chi connectivity index (χ2v) is 4.39. The fourth-order valence-corrected chi connectivity index (χ4v) is 1.81. The van der Waals surface area contributed by atoms with Crippen molar-refractivity contribution in [2.75, 3.05) is 38.6 Å². The van der Waals surface area contributed by atoms with Gasteiger partial charge in [-0.15, -0.1) is 0 Å². The molecule has 4 nitrogen and oxygen atoms in total. The number of hydrogen-bond donors (Lipinski definition) is 1. The van der Waals surface area contributed by atoms with Crippen LogP contribution in [0.1, 0.15) is 27.2 Å². The predicted octanol–water partition coefficient (Wildman–Crippen LogP) is 2.78. The van der Waals surface area contributed by atoms with Crippen LogP contribution in [0.3, 0.4) is 0 Å². The maximum absolute atomic E-state index is 6.04. The van der Waals surface area contributed by atoms with E-state index in [1.807, 2.05) is 18.2 Å². The second kappa shape index (κ2) is 8.64. The van der Waals surface area contributed by atoms with Crippen LogP contribution >= 0.6 is 0 Å². The van der Waals surface area contributed by atoms with Gasteiger partial charge in [0, 0.05) is 6.54 Å². The fraction of sp³-hybridized carbons (Fsp3) is 0.600. The highest BCUT2D eigenvalue weighted by atomic mass is 16.5. The van der Waals surface area contributed by atoms with E-state index in [0.29, 0.717) is 30.4 Å². The fourth-order valence-electron chi connectivity index (χ4n) is 1.81. The number of hydrogen-bond acceptors (Lipinski definition) is 4. The lowest BCUT2D eigenvalue weighted by atomic mass is 10.2. The Bertz CT molecular complexity index is 365. The van der Waals surface area contributed by atoms with Gasteiger partial charge in [-0.05, 0) is 31.6 Å². The van der Waals surface area contributed by atoms with Crippen LogP contribution in [0.15, 0.2) is 18.2 Å². The SMILES string of the molecule is CCCOc1cccc(OCCN(CC)CC)c1N. The van der Waals surface area contributed by atoms with Crippen molar-refractivity contribution < 1.29 is 9.47 Å². The Labute approximate surface area is 116 Å². The highest BCUT2D eigenvalue weighted by molar-refractivity contribution is 5.62. The van der Waals surface area contributed by atoms with Gasteiger partial charge in [-0.25, -0.2) is 0 Å². The summed E-state index contributed by atoms with van der Waals surface area (Å²) in [5.74, 6) is 1.42. The van der Waals surface area contributed by atoms with E-state index in [4.69, 9.17) is 15.2 Å². The maximum atomic E-state index is 6.04. The lowest BCUT2D eigenvalue weighted by Gasteiger charge is -2.19. The first-order valence-electron chi connectivity index (χ1n) is 7.09. The van der Waals surface area contributed by atoms with Crippen molar-refractivity contribution in [3.05, 3.63) is 18.2 Å². The highest BCUT2D eigenvalue weighted by Crippen LogP contribution is 2.31. The van der Waals surface area contributed by atoms with E-state index in [1.54, 1.807) is 0 Å². The number of nitrogens with two attached hydrogens (primary N) is 1. The zero-order valence-corrected chi connectivity index (χ0v) is 12.3. The molecule has 1 aromatic rings. The van der Waals surface area contributed by atoms with Crippen molar-refractivity contribution in [2.45, 2.75) is 27.2 Å². The number of rotatable bonds is 9. The number of likely N-dealkylation sites (N-methyl/N-ethyl adjacent to an activating group) is 1. The molecule has 0 saturated carbocycles. The Morgan fingerprint density at radius 2 is 1.58 bits per heavy atom. The van der Waals surface area contributed by atoms with Crippen molar-refractivity contribution >= 4 is 5.69 Å². The third-order valence-corrected chi connectivity index (χ3v) is 3.05. The number of benzene rings is 1. The molecule has 4 heteroatoms. The minimum Gasteiger partial charge on any atom is -0.491 e. The summed E-state index contributed by atoms with van der Waals surface area (Å²) in [6.07, 6.45) is 0.965. The minimum absolute atomic E-state index is 0.593. The predicted molar refractivity (Wildman–Crippen MR) is 79.9 cm³/mol. The van der Waals surface area contributed by atoms with Crippen LogP contribution in [0.25, 0.3) is 0 Å². The molecule has 0 saturated heterocycles. The van der Waals surface area contributed by atoms with E-state index in [9.17, 15) is 0 Å². The molecule has 1 aromatic carbocycles. The van der Waals surface area contributed by atoms with Crippen LogP contribution in [0.5, 0.6) is 11.5 Å². The third kappa shape index (κ3) is 4.99. The first-order valence-corrected chi connectivity index (χ1v) is 7.09. The molecule has 0 radical (unpaired) electrons. The molecule has 0 unspecified atom stereocenters. The van der Waals surface area contributed by atoms with Crippen molar-refractivity contribution in [2.24, 2.45) is 0 Å². The van der Waals surface area contributed by atoms with Gasteiger partial charge in [0.15, 0.2) is 0 Å². The summed E-state index contributed by atoms with van der Waals surface area (Å²) in [5, 5.41) is 0. The molecule has 19 heavy (non-hydrogen) atoms. The van der Waals surface area contributed by atoms with Crippen LogP contribution < -0.4 is 15.2 Å². The lowest BCUT2D eigenvalue weighted by molar-refractivity contribution is 0.223. The normalized spacial score (nSPS) is 10.7. The summed E-state index contributed by atoms with van der Waals surface area (Å²) in [4.78, 5) is 2.31. The molecule has 0 bridgehead atoms. The van der Waals surface area contributed by atoms with Gasteiger partial charge >= 0.3 is 0 Å². The van der Waals surface area contributed by atoms with Gasteiger partial charge in [-0.1, -0.05) is 26.8 Å². The summed E-state index contributed by atoms with van der Waals surface area (Å²) in [7, 11) is 0. The van der Waals surface area contributed by atoms with Crippen LogP contribution in [0, 0.1) is 0 Å². The minimum atomic E-state index is 0.593. The molecular weight excluding hydrogens is 240 g/mol. The Morgan fingerprint density at radius 1 is 1.00 bits per heavy atom. The molecule has 0 spiro atoms. The summed E-state index contributed by atoms with van der Waals surface area (Å²) in [5.41, 5.74) is 6.64. The van der Waals surface area contributed by atoms with E-state index in [2.05, 4.69) is 25.7 Å². The average molecular weight is 266 g/mol. The third-order valence-electron chi connectivity index (χ3n) is 3.05. The molecule has 0 aromatic heterocycles. The molecule has 108 valence electrons. The molecule has 0 aliphatic carbocycles. The Hall–Kier alpha value is -1.42. The van der Waals surface area contributed by atoms with E-state index in [-0.39, 0.29) is 0 Å². The van der Waals surface area contributed by atoms with Gasteiger partial charge in [0.25, 0.3) is 0 Å². The molecule has 0 aliphatic heterocycles. The van der Waals surface area contributed by atoms with Crippen molar-refractivity contribution in [1.29, 1.82) is 0 Å². The second-order valence-electron chi connectivity index (χ2n) is 4.39. The quantitative estimate of drug-likeness (QED) is 0.698. The van der Waals surface area contributed by atoms with E-state index in [1.165, 1.54) is 0 Å². The number of nitrogen functional groups attached to an aromatic ring is 1. The summed E-state index contributed by atoms with van der Waals surface area (Å²) >= 11 is 0. The van der Waals surface area contributed by atoms with E-state index >= 15 is 0 Å². The summed E-state index contributed by atoms with van der Waals surface area (Å²) in [6.45, 7) is 10.7. The number of anilines is 1. The first-order chi connectivity index (χ1) is 9.22. The van der Waals surface area contributed by atoms with Crippen LogP contribution in [0.2, 0.25) is 0 Å². The lowest BCUT2D eigenvalue weighted by Crippen LogP contribution is -2.28. The van der Waals surface area contributed by atoms with Gasteiger partial charge in [-0.3, -0.25) is 0 Å². The van der Waals surface area contributed by atoms with Crippen LogP contribution in [-0.4, -0.2) is 37.7 Å². The average Bonchev–Trinajstić information content (AvgIpc) is 2.44. The van der Waals surface area contributed by atoms with Gasteiger partial charge < -0.3 is 20.1 Å². The Balaban J connectivity index is 2.53. The molecule has 0 aliphatic rings. The van der Waals surface area contributed by atoms with Gasteiger partial charge in [0.1, 0.15) is 23.8 Å².